The fourth-order valence-corrected chi connectivity index (χ4v) is 2.71. The van der Waals surface area contributed by atoms with Crippen molar-refractivity contribution in [1.29, 1.82) is 0 Å². The number of fused-ring (bicyclic) bond motifs is 1. The second-order valence-corrected chi connectivity index (χ2v) is 5.71. The van der Waals surface area contributed by atoms with Crippen LogP contribution in [-0.4, -0.2) is 0 Å². The molecular formula is C19H21NO. The second-order valence-electron chi connectivity index (χ2n) is 5.71. The monoisotopic (exact) mass is 279 g/mol. The lowest BCUT2D eigenvalue weighted by Crippen LogP contribution is -2.18. The third kappa shape index (κ3) is 3.01. The molecule has 0 aliphatic carbocycles. The van der Waals surface area contributed by atoms with Gasteiger partial charge in [0.2, 0.25) is 0 Å². The molecular weight excluding hydrogens is 258 g/mol. The van der Waals surface area contributed by atoms with Crippen LogP contribution >= 0.6 is 0 Å². The fraction of sp³-hybridized carbons (Fsp3) is 0.263. The molecule has 0 aliphatic heterocycles. The van der Waals surface area contributed by atoms with Gasteiger partial charge in [0, 0.05) is 11.4 Å². The van der Waals surface area contributed by atoms with Gasteiger partial charge in [-0.25, -0.2) is 0 Å². The van der Waals surface area contributed by atoms with Crippen LogP contribution in [0.1, 0.15) is 35.4 Å². The molecule has 0 aliphatic rings. The number of rotatable bonds is 4. The third-order valence-electron chi connectivity index (χ3n) is 3.96. The van der Waals surface area contributed by atoms with Crippen molar-refractivity contribution in [2.75, 3.05) is 0 Å². The molecule has 0 saturated heterocycles. The van der Waals surface area contributed by atoms with E-state index in [0.717, 1.165) is 23.3 Å². The predicted octanol–water partition coefficient (Wildman–Crippen LogP) is 4.90. The molecule has 2 heteroatoms. The van der Waals surface area contributed by atoms with E-state index in [1.54, 1.807) is 0 Å². The molecule has 0 amide bonds. The third-order valence-corrected chi connectivity index (χ3v) is 3.96. The molecule has 1 N–H and O–H groups in total. The summed E-state index contributed by atoms with van der Waals surface area (Å²) in [7, 11) is 0. The van der Waals surface area contributed by atoms with Gasteiger partial charge in [-0.3, -0.25) is 0 Å². The molecule has 108 valence electrons. The Morgan fingerprint density at radius 3 is 2.67 bits per heavy atom. The van der Waals surface area contributed by atoms with E-state index in [0.29, 0.717) is 6.04 Å². The van der Waals surface area contributed by atoms with Crippen LogP contribution < -0.4 is 5.32 Å². The number of hydrogen-bond acceptors (Lipinski definition) is 2. The van der Waals surface area contributed by atoms with Gasteiger partial charge in [0.25, 0.3) is 0 Å². The first-order chi connectivity index (χ1) is 10.1. The van der Waals surface area contributed by atoms with E-state index in [1.807, 2.05) is 18.2 Å². The minimum atomic E-state index is 0.304. The smallest absolute Gasteiger partial charge is 0.134 e. The molecule has 1 heterocycles. The summed E-state index contributed by atoms with van der Waals surface area (Å²) in [4.78, 5) is 0. The standard InChI is InChI=1S/C19H21NO/c1-13-8-9-14(2)18(10-13)15(3)20-12-17-11-16-6-4-5-7-19(16)21-17/h4-11,15,20H,12H2,1-3H3. The Labute approximate surface area is 125 Å². The van der Waals surface area contributed by atoms with Crippen LogP contribution in [0.4, 0.5) is 0 Å². The molecule has 0 spiro atoms. The molecule has 3 rings (SSSR count). The first-order valence-corrected chi connectivity index (χ1v) is 7.41. The molecule has 0 radical (unpaired) electrons. The summed E-state index contributed by atoms with van der Waals surface area (Å²) in [5.41, 5.74) is 4.93. The molecule has 0 fully saturated rings. The fourth-order valence-electron chi connectivity index (χ4n) is 2.71. The van der Waals surface area contributed by atoms with Crippen molar-refractivity contribution >= 4 is 11.0 Å². The van der Waals surface area contributed by atoms with Crippen LogP contribution in [0.15, 0.2) is 52.9 Å². The van der Waals surface area contributed by atoms with E-state index in [4.69, 9.17) is 4.42 Å². The van der Waals surface area contributed by atoms with Crippen molar-refractivity contribution in [3.05, 3.63) is 71.0 Å². The Bertz CT molecular complexity index is 724. The Morgan fingerprint density at radius 1 is 1.05 bits per heavy atom. The molecule has 1 unspecified atom stereocenters. The molecule has 21 heavy (non-hydrogen) atoms. The van der Waals surface area contributed by atoms with E-state index in [1.165, 1.54) is 16.7 Å². The lowest BCUT2D eigenvalue weighted by Gasteiger charge is -2.16. The van der Waals surface area contributed by atoms with Crippen molar-refractivity contribution in [2.24, 2.45) is 0 Å². The molecule has 0 bridgehead atoms. The van der Waals surface area contributed by atoms with Crippen LogP contribution in [0.3, 0.4) is 0 Å². The lowest BCUT2D eigenvalue weighted by molar-refractivity contribution is 0.481. The van der Waals surface area contributed by atoms with Gasteiger partial charge in [0.15, 0.2) is 0 Å². The van der Waals surface area contributed by atoms with Gasteiger partial charge < -0.3 is 9.73 Å². The van der Waals surface area contributed by atoms with Crippen LogP contribution in [0.2, 0.25) is 0 Å². The maximum Gasteiger partial charge on any atom is 0.134 e. The highest BCUT2D eigenvalue weighted by molar-refractivity contribution is 5.77. The Kier molecular flexibility index (Phi) is 3.80. The molecule has 0 saturated carbocycles. The SMILES string of the molecule is Cc1ccc(C)c(C(C)NCc2cc3ccccc3o2)c1. The van der Waals surface area contributed by atoms with Gasteiger partial charge in [-0.05, 0) is 44.0 Å². The first kappa shape index (κ1) is 13.9. The Hall–Kier alpha value is -2.06. The largest absolute Gasteiger partial charge is 0.460 e. The minimum Gasteiger partial charge on any atom is -0.460 e. The zero-order valence-corrected chi connectivity index (χ0v) is 12.8. The van der Waals surface area contributed by atoms with Crippen LogP contribution in [-0.2, 0) is 6.54 Å². The topological polar surface area (TPSA) is 25.2 Å². The summed E-state index contributed by atoms with van der Waals surface area (Å²) in [6, 6.07) is 17.1. The predicted molar refractivity (Wildman–Crippen MR) is 87.4 cm³/mol. The normalized spacial score (nSPS) is 12.7. The van der Waals surface area contributed by atoms with E-state index < -0.39 is 0 Å². The van der Waals surface area contributed by atoms with Gasteiger partial charge >= 0.3 is 0 Å². The van der Waals surface area contributed by atoms with E-state index in [-0.39, 0.29) is 0 Å². The first-order valence-electron chi connectivity index (χ1n) is 7.41. The summed E-state index contributed by atoms with van der Waals surface area (Å²) in [6.45, 7) is 7.23. The van der Waals surface area contributed by atoms with Gasteiger partial charge in [0.05, 0.1) is 6.54 Å². The summed E-state index contributed by atoms with van der Waals surface area (Å²) in [5.74, 6) is 0.980. The number of aryl methyl sites for hydroxylation is 2. The number of para-hydroxylation sites is 1. The highest BCUT2D eigenvalue weighted by Gasteiger charge is 2.10. The Morgan fingerprint density at radius 2 is 1.86 bits per heavy atom. The van der Waals surface area contributed by atoms with Crippen LogP contribution in [0.5, 0.6) is 0 Å². The summed E-state index contributed by atoms with van der Waals surface area (Å²) >= 11 is 0. The van der Waals surface area contributed by atoms with Crippen molar-refractivity contribution in [3.63, 3.8) is 0 Å². The van der Waals surface area contributed by atoms with Crippen molar-refractivity contribution in [3.8, 4) is 0 Å². The number of benzene rings is 2. The highest BCUT2D eigenvalue weighted by Crippen LogP contribution is 2.21. The van der Waals surface area contributed by atoms with Gasteiger partial charge in [-0.15, -0.1) is 0 Å². The molecule has 2 aromatic carbocycles. The van der Waals surface area contributed by atoms with Gasteiger partial charge in [-0.2, -0.15) is 0 Å². The average Bonchev–Trinajstić information content (AvgIpc) is 2.90. The number of nitrogens with one attached hydrogen (secondary N) is 1. The van der Waals surface area contributed by atoms with Gasteiger partial charge in [0.1, 0.15) is 11.3 Å². The number of furan rings is 1. The molecule has 1 aromatic heterocycles. The van der Waals surface area contributed by atoms with Crippen LogP contribution in [0, 0.1) is 13.8 Å². The molecule has 3 aromatic rings. The average molecular weight is 279 g/mol. The second kappa shape index (κ2) is 5.74. The van der Waals surface area contributed by atoms with Crippen molar-refractivity contribution in [2.45, 2.75) is 33.4 Å². The maximum absolute atomic E-state index is 5.85. The highest BCUT2D eigenvalue weighted by atomic mass is 16.3. The summed E-state index contributed by atoms with van der Waals surface area (Å²) in [6.07, 6.45) is 0. The maximum atomic E-state index is 5.85. The van der Waals surface area contributed by atoms with Crippen molar-refractivity contribution < 1.29 is 4.42 Å². The zero-order valence-electron chi connectivity index (χ0n) is 12.8. The van der Waals surface area contributed by atoms with Gasteiger partial charge in [-0.1, -0.05) is 42.0 Å². The Balaban J connectivity index is 1.73. The molecule has 2 nitrogen and oxygen atoms in total. The summed E-state index contributed by atoms with van der Waals surface area (Å²) < 4.78 is 5.85. The van der Waals surface area contributed by atoms with E-state index >= 15 is 0 Å². The van der Waals surface area contributed by atoms with Crippen molar-refractivity contribution in [1.82, 2.24) is 5.32 Å². The van der Waals surface area contributed by atoms with E-state index in [2.05, 4.69) is 56.4 Å². The lowest BCUT2D eigenvalue weighted by atomic mass is 10.00. The number of hydrogen-bond donors (Lipinski definition) is 1. The summed E-state index contributed by atoms with van der Waals surface area (Å²) in [5, 5.41) is 4.71. The zero-order chi connectivity index (χ0) is 14.8. The quantitative estimate of drug-likeness (QED) is 0.734. The van der Waals surface area contributed by atoms with Crippen LogP contribution in [0.25, 0.3) is 11.0 Å². The molecule has 1 atom stereocenters. The van der Waals surface area contributed by atoms with E-state index in [9.17, 15) is 0 Å². The minimum absolute atomic E-state index is 0.304.